The van der Waals surface area contributed by atoms with E-state index in [4.69, 9.17) is 9.40 Å². The van der Waals surface area contributed by atoms with E-state index >= 15 is 0 Å². The molecule has 150 valence electrons. The summed E-state index contributed by atoms with van der Waals surface area (Å²) in [7, 11) is 0. The SMILES string of the molecule is C=C(Nc1nc2c(s1)-c1cccc(-c3cnco3)c1CCC2)c1c(C)cccc1F. The van der Waals surface area contributed by atoms with Crippen molar-refractivity contribution in [2.24, 2.45) is 0 Å². The summed E-state index contributed by atoms with van der Waals surface area (Å²) in [4.78, 5) is 10.0. The van der Waals surface area contributed by atoms with Gasteiger partial charge in [-0.2, -0.15) is 0 Å². The van der Waals surface area contributed by atoms with Gasteiger partial charge in [0, 0.05) is 16.8 Å². The number of fused-ring (bicyclic) bond motifs is 3. The minimum absolute atomic E-state index is 0.285. The molecule has 0 radical (unpaired) electrons. The van der Waals surface area contributed by atoms with Gasteiger partial charge < -0.3 is 9.73 Å². The monoisotopic (exact) mass is 417 g/mol. The molecule has 0 bridgehead atoms. The van der Waals surface area contributed by atoms with Crippen molar-refractivity contribution in [2.75, 3.05) is 5.32 Å². The first-order valence-corrected chi connectivity index (χ1v) is 10.7. The maximum absolute atomic E-state index is 14.3. The maximum atomic E-state index is 14.3. The molecule has 0 amide bonds. The lowest BCUT2D eigenvalue weighted by atomic mass is 9.96. The number of aryl methyl sites for hydroxylation is 2. The fraction of sp³-hybridized carbons (Fsp3) is 0.167. The Morgan fingerprint density at radius 2 is 2.00 bits per heavy atom. The number of oxazole rings is 1. The molecule has 2 aromatic carbocycles. The van der Waals surface area contributed by atoms with Crippen LogP contribution in [0, 0.1) is 12.7 Å². The van der Waals surface area contributed by atoms with Gasteiger partial charge in [-0.15, -0.1) is 0 Å². The van der Waals surface area contributed by atoms with Crippen LogP contribution < -0.4 is 5.32 Å². The standard InChI is InChI=1S/C24H20FN3OS/c1-14-6-3-10-19(25)22(14)15(2)27-24-28-20-11-5-7-16-17(21-12-26-13-29-21)8-4-9-18(16)23(20)30-24/h3-4,6,8-10,12-13H,2,5,7,11H2,1H3,(H,27,28). The minimum atomic E-state index is -0.285. The quantitative estimate of drug-likeness (QED) is 0.413. The summed E-state index contributed by atoms with van der Waals surface area (Å²) >= 11 is 1.58. The average Bonchev–Trinajstić information content (AvgIpc) is 3.35. The van der Waals surface area contributed by atoms with Crippen LogP contribution >= 0.6 is 11.3 Å². The lowest BCUT2D eigenvalue weighted by molar-refractivity contribution is 0.571. The van der Waals surface area contributed by atoms with Crippen LogP contribution in [0.5, 0.6) is 0 Å². The van der Waals surface area contributed by atoms with Crippen LogP contribution in [0.2, 0.25) is 0 Å². The molecular formula is C24H20FN3OS. The van der Waals surface area contributed by atoms with Gasteiger partial charge in [-0.3, -0.25) is 0 Å². The zero-order valence-corrected chi connectivity index (χ0v) is 17.4. The number of nitrogens with one attached hydrogen (secondary N) is 1. The van der Waals surface area contributed by atoms with E-state index in [9.17, 15) is 4.39 Å². The second-order valence-corrected chi connectivity index (χ2v) is 8.38. The summed E-state index contributed by atoms with van der Waals surface area (Å²) in [6.07, 6.45) is 6.06. The molecule has 0 saturated carbocycles. The van der Waals surface area contributed by atoms with Gasteiger partial charge in [0.1, 0.15) is 5.82 Å². The van der Waals surface area contributed by atoms with Crippen LogP contribution in [0.3, 0.4) is 0 Å². The molecule has 4 aromatic rings. The van der Waals surface area contributed by atoms with Gasteiger partial charge in [0.05, 0.1) is 16.8 Å². The number of anilines is 1. The van der Waals surface area contributed by atoms with Gasteiger partial charge in [0.25, 0.3) is 0 Å². The largest absolute Gasteiger partial charge is 0.444 e. The van der Waals surface area contributed by atoms with Crippen molar-refractivity contribution >= 4 is 22.2 Å². The fourth-order valence-electron chi connectivity index (χ4n) is 4.07. The highest BCUT2D eigenvalue weighted by atomic mass is 32.1. The fourth-order valence-corrected chi connectivity index (χ4v) is 5.16. The third-order valence-electron chi connectivity index (χ3n) is 5.44. The Balaban J connectivity index is 1.53. The third kappa shape index (κ3) is 3.23. The molecule has 0 fully saturated rings. The van der Waals surface area contributed by atoms with Crippen molar-refractivity contribution in [2.45, 2.75) is 26.2 Å². The number of thiazole rings is 1. The zero-order valence-electron chi connectivity index (χ0n) is 16.5. The first-order chi connectivity index (χ1) is 14.6. The van der Waals surface area contributed by atoms with Gasteiger partial charge in [0.2, 0.25) is 0 Å². The first kappa shape index (κ1) is 18.8. The third-order valence-corrected chi connectivity index (χ3v) is 6.48. The minimum Gasteiger partial charge on any atom is -0.444 e. The summed E-state index contributed by atoms with van der Waals surface area (Å²) in [6.45, 7) is 5.93. The number of benzene rings is 2. The van der Waals surface area contributed by atoms with E-state index in [2.05, 4.69) is 29.0 Å². The molecule has 1 aliphatic carbocycles. The molecular weight excluding hydrogens is 397 g/mol. The highest BCUT2D eigenvalue weighted by Crippen LogP contribution is 2.42. The smallest absolute Gasteiger partial charge is 0.187 e. The van der Waals surface area contributed by atoms with Crippen molar-refractivity contribution < 1.29 is 8.81 Å². The van der Waals surface area contributed by atoms with E-state index < -0.39 is 0 Å². The van der Waals surface area contributed by atoms with E-state index in [-0.39, 0.29) is 5.82 Å². The van der Waals surface area contributed by atoms with Crippen LogP contribution in [0.4, 0.5) is 9.52 Å². The number of hydrogen-bond acceptors (Lipinski definition) is 5. The molecule has 0 aliphatic heterocycles. The lowest BCUT2D eigenvalue weighted by Gasteiger charge is -2.11. The van der Waals surface area contributed by atoms with Gasteiger partial charge in [-0.05, 0) is 48.9 Å². The second-order valence-electron chi connectivity index (χ2n) is 7.38. The van der Waals surface area contributed by atoms with Gasteiger partial charge >= 0.3 is 0 Å². The predicted molar refractivity (Wildman–Crippen MR) is 119 cm³/mol. The van der Waals surface area contributed by atoms with Gasteiger partial charge in [-0.1, -0.05) is 48.2 Å². The number of hydrogen-bond donors (Lipinski definition) is 1. The number of nitrogens with zero attached hydrogens (tertiary/aromatic N) is 2. The summed E-state index contributed by atoms with van der Waals surface area (Å²) in [5.74, 6) is 0.495. The number of rotatable bonds is 4. The highest BCUT2D eigenvalue weighted by molar-refractivity contribution is 7.19. The molecule has 5 rings (SSSR count). The second kappa shape index (κ2) is 7.54. The molecule has 1 N–H and O–H groups in total. The normalized spacial score (nSPS) is 12.7. The summed E-state index contributed by atoms with van der Waals surface area (Å²) in [5.41, 5.74) is 6.43. The lowest BCUT2D eigenvalue weighted by Crippen LogP contribution is -2.02. The van der Waals surface area contributed by atoms with E-state index in [1.54, 1.807) is 23.6 Å². The Labute approximate surface area is 178 Å². The van der Waals surface area contributed by atoms with E-state index in [0.717, 1.165) is 51.9 Å². The molecule has 0 atom stereocenters. The molecule has 0 unspecified atom stereocenters. The molecule has 0 saturated heterocycles. The Morgan fingerprint density at radius 3 is 2.80 bits per heavy atom. The van der Waals surface area contributed by atoms with Crippen molar-refractivity contribution in [3.63, 3.8) is 0 Å². The van der Waals surface area contributed by atoms with Crippen LogP contribution in [-0.4, -0.2) is 9.97 Å². The Morgan fingerprint density at radius 1 is 1.17 bits per heavy atom. The van der Waals surface area contributed by atoms with Gasteiger partial charge in [-0.25, -0.2) is 14.4 Å². The first-order valence-electron chi connectivity index (χ1n) is 9.84. The molecule has 2 heterocycles. The van der Waals surface area contributed by atoms with Crippen LogP contribution in [0.25, 0.3) is 27.5 Å². The maximum Gasteiger partial charge on any atom is 0.187 e. The van der Waals surface area contributed by atoms with Crippen molar-refractivity contribution in [1.29, 1.82) is 0 Å². The summed E-state index contributed by atoms with van der Waals surface area (Å²) < 4.78 is 19.9. The molecule has 6 heteroatoms. The van der Waals surface area contributed by atoms with Gasteiger partial charge in [0.15, 0.2) is 17.3 Å². The molecule has 2 aromatic heterocycles. The van der Waals surface area contributed by atoms with E-state index in [1.165, 1.54) is 23.6 Å². The Kier molecular flexibility index (Phi) is 4.71. The zero-order chi connectivity index (χ0) is 20.7. The van der Waals surface area contributed by atoms with E-state index in [0.29, 0.717) is 11.3 Å². The molecule has 30 heavy (non-hydrogen) atoms. The van der Waals surface area contributed by atoms with Crippen LogP contribution in [0.15, 0.2) is 60.0 Å². The molecule has 0 spiro atoms. The van der Waals surface area contributed by atoms with E-state index in [1.807, 2.05) is 19.1 Å². The Hall–Kier alpha value is -3.25. The molecule has 1 aliphatic rings. The number of halogens is 1. The average molecular weight is 418 g/mol. The van der Waals surface area contributed by atoms with Crippen LogP contribution in [0.1, 0.15) is 28.8 Å². The van der Waals surface area contributed by atoms with Crippen LogP contribution in [-0.2, 0) is 12.8 Å². The Bertz CT molecular complexity index is 1220. The predicted octanol–water partition coefficient (Wildman–Crippen LogP) is 6.48. The van der Waals surface area contributed by atoms with Crippen molar-refractivity contribution in [3.8, 4) is 21.8 Å². The summed E-state index contributed by atoms with van der Waals surface area (Å²) in [6, 6.07) is 11.3. The van der Waals surface area contributed by atoms with Crippen molar-refractivity contribution in [3.05, 3.63) is 83.8 Å². The van der Waals surface area contributed by atoms with Crippen molar-refractivity contribution in [1.82, 2.24) is 9.97 Å². The topological polar surface area (TPSA) is 51.0 Å². The number of aromatic nitrogens is 2. The highest BCUT2D eigenvalue weighted by Gasteiger charge is 2.23. The molecule has 4 nitrogen and oxygen atoms in total. The summed E-state index contributed by atoms with van der Waals surface area (Å²) in [5, 5.41) is 3.96.